The van der Waals surface area contributed by atoms with Crippen molar-refractivity contribution in [2.75, 3.05) is 0 Å². The predicted molar refractivity (Wildman–Crippen MR) is 83.1 cm³/mol. The van der Waals surface area contributed by atoms with E-state index < -0.39 is 11.7 Å². The number of nitrogens with zero attached hydrogens (tertiary/aromatic N) is 1. The Bertz CT molecular complexity index is 650. The molecular formula is C16H17F3N2OS. The Labute approximate surface area is 136 Å². The van der Waals surface area contributed by atoms with Gasteiger partial charge in [0.05, 0.1) is 29.2 Å². The van der Waals surface area contributed by atoms with Crippen LogP contribution in [0.2, 0.25) is 0 Å². The van der Waals surface area contributed by atoms with E-state index in [9.17, 15) is 18.0 Å². The minimum absolute atomic E-state index is 0.0457. The normalized spacial score (nSPS) is 11.5. The number of hydrogen-bond acceptors (Lipinski definition) is 3. The summed E-state index contributed by atoms with van der Waals surface area (Å²) < 4.78 is 37.4. The Balaban J connectivity index is 1.84. The van der Waals surface area contributed by atoms with Crippen LogP contribution in [0.1, 0.15) is 35.2 Å². The Morgan fingerprint density at radius 1 is 1.26 bits per heavy atom. The van der Waals surface area contributed by atoms with Gasteiger partial charge in [-0.25, -0.2) is 4.98 Å². The maximum atomic E-state index is 12.5. The first-order valence-corrected chi connectivity index (χ1v) is 8.12. The number of benzene rings is 1. The maximum Gasteiger partial charge on any atom is 0.416 e. The minimum Gasteiger partial charge on any atom is -0.350 e. The monoisotopic (exact) mass is 342 g/mol. The summed E-state index contributed by atoms with van der Waals surface area (Å²) in [6.07, 6.45) is -2.37. The number of aryl methyl sites for hydroxylation is 1. The van der Waals surface area contributed by atoms with Crippen molar-refractivity contribution in [2.24, 2.45) is 0 Å². The largest absolute Gasteiger partial charge is 0.416 e. The smallest absolute Gasteiger partial charge is 0.350 e. The van der Waals surface area contributed by atoms with Gasteiger partial charge < -0.3 is 5.32 Å². The predicted octanol–water partition coefficient (Wildman–Crippen LogP) is 3.97. The Kier molecular flexibility index (Phi) is 5.76. The van der Waals surface area contributed by atoms with Crippen molar-refractivity contribution in [1.82, 2.24) is 10.3 Å². The van der Waals surface area contributed by atoms with E-state index in [1.54, 1.807) is 11.3 Å². The van der Waals surface area contributed by atoms with Crippen molar-refractivity contribution < 1.29 is 18.0 Å². The molecule has 0 bridgehead atoms. The summed E-state index contributed by atoms with van der Waals surface area (Å²) in [5, 5.41) is 5.68. The Hall–Kier alpha value is -1.89. The first-order chi connectivity index (χ1) is 10.9. The average molecular weight is 342 g/mol. The highest BCUT2D eigenvalue weighted by Gasteiger charge is 2.29. The number of amides is 1. The van der Waals surface area contributed by atoms with E-state index in [1.165, 1.54) is 12.1 Å². The number of carbonyl (C=O) groups is 1. The second-order valence-electron chi connectivity index (χ2n) is 5.13. The fourth-order valence-corrected chi connectivity index (χ4v) is 2.91. The molecule has 0 aliphatic heterocycles. The summed E-state index contributed by atoms with van der Waals surface area (Å²) in [7, 11) is 0. The van der Waals surface area contributed by atoms with Crippen LogP contribution in [0.15, 0.2) is 29.6 Å². The van der Waals surface area contributed by atoms with Crippen molar-refractivity contribution in [2.45, 2.75) is 38.9 Å². The van der Waals surface area contributed by atoms with Crippen LogP contribution in [0.5, 0.6) is 0 Å². The lowest BCUT2D eigenvalue weighted by atomic mass is 10.1. The summed E-state index contributed by atoms with van der Waals surface area (Å²) in [5.74, 6) is -0.241. The zero-order chi connectivity index (χ0) is 16.9. The molecule has 0 aliphatic carbocycles. The standard InChI is InChI=1S/C16H17F3N2OS/c1-2-3-15-21-13(10-23-15)9-20-14(22)8-11-4-6-12(7-5-11)16(17,18)19/h4-7,10H,2-3,8-9H2,1H3,(H,20,22). The molecular weight excluding hydrogens is 325 g/mol. The van der Waals surface area contributed by atoms with Crippen LogP contribution >= 0.6 is 11.3 Å². The van der Waals surface area contributed by atoms with Gasteiger partial charge in [0.15, 0.2) is 0 Å². The summed E-state index contributed by atoms with van der Waals surface area (Å²) in [4.78, 5) is 16.2. The lowest BCUT2D eigenvalue weighted by molar-refractivity contribution is -0.137. The quantitative estimate of drug-likeness (QED) is 0.863. The lowest BCUT2D eigenvalue weighted by Crippen LogP contribution is -2.24. The molecule has 2 rings (SSSR count). The number of rotatable bonds is 6. The molecule has 23 heavy (non-hydrogen) atoms. The van der Waals surface area contributed by atoms with Gasteiger partial charge >= 0.3 is 6.18 Å². The maximum absolute atomic E-state index is 12.5. The molecule has 2 aromatic rings. The molecule has 1 heterocycles. The van der Waals surface area contributed by atoms with E-state index in [1.807, 2.05) is 5.38 Å². The fourth-order valence-electron chi connectivity index (χ4n) is 2.01. The number of carbonyl (C=O) groups excluding carboxylic acids is 1. The molecule has 1 aromatic carbocycles. The van der Waals surface area contributed by atoms with E-state index in [0.717, 1.165) is 35.7 Å². The highest BCUT2D eigenvalue weighted by Crippen LogP contribution is 2.29. The molecule has 0 unspecified atom stereocenters. The van der Waals surface area contributed by atoms with E-state index in [-0.39, 0.29) is 12.3 Å². The molecule has 0 spiro atoms. The minimum atomic E-state index is -4.36. The number of aromatic nitrogens is 1. The van der Waals surface area contributed by atoms with Crippen molar-refractivity contribution in [1.29, 1.82) is 0 Å². The van der Waals surface area contributed by atoms with Crippen LogP contribution in [0.25, 0.3) is 0 Å². The van der Waals surface area contributed by atoms with Gasteiger partial charge in [-0.3, -0.25) is 4.79 Å². The molecule has 0 saturated carbocycles. The van der Waals surface area contributed by atoms with Gasteiger partial charge in [-0.1, -0.05) is 19.1 Å². The number of hydrogen-bond donors (Lipinski definition) is 1. The lowest BCUT2D eigenvalue weighted by Gasteiger charge is -2.08. The molecule has 1 aromatic heterocycles. The molecule has 1 amide bonds. The Morgan fingerprint density at radius 2 is 1.96 bits per heavy atom. The highest BCUT2D eigenvalue weighted by molar-refractivity contribution is 7.09. The molecule has 0 atom stereocenters. The number of thiazole rings is 1. The van der Waals surface area contributed by atoms with Crippen LogP contribution in [0.3, 0.4) is 0 Å². The summed E-state index contributed by atoms with van der Waals surface area (Å²) >= 11 is 1.56. The zero-order valence-corrected chi connectivity index (χ0v) is 13.4. The van der Waals surface area contributed by atoms with Gasteiger partial charge in [0, 0.05) is 5.38 Å². The van der Waals surface area contributed by atoms with Gasteiger partial charge in [0.2, 0.25) is 5.91 Å². The third-order valence-electron chi connectivity index (χ3n) is 3.18. The van der Waals surface area contributed by atoms with E-state index in [0.29, 0.717) is 12.1 Å². The van der Waals surface area contributed by atoms with Gasteiger partial charge in [-0.15, -0.1) is 11.3 Å². The SMILES string of the molecule is CCCc1nc(CNC(=O)Cc2ccc(C(F)(F)F)cc2)cs1. The van der Waals surface area contributed by atoms with E-state index in [4.69, 9.17) is 0 Å². The molecule has 0 fully saturated rings. The summed E-state index contributed by atoms with van der Waals surface area (Å²) in [6, 6.07) is 4.62. The Morgan fingerprint density at radius 3 is 2.57 bits per heavy atom. The van der Waals surface area contributed by atoms with Crippen LogP contribution in [0, 0.1) is 0 Å². The molecule has 124 valence electrons. The second kappa shape index (κ2) is 7.59. The zero-order valence-electron chi connectivity index (χ0n) is 12.6. The average Bonchev–Trinajstić information content (AvgIpc) is 2.93. The van der Waals surface area contributed by atoms with Crippen LogP contribution < -0.4 is 5.32 Å². The molecule has 0 saturated heterocycles. The number of alkyl halides is 3. The van der Waals surface area contributed by atoms with Crippen molar-refractivity contribution in [3.05, 3.63) is 51.5 Å². The van der Waals surface area contributed by atoms with E-state index in [2.05, 4.69) is 17.2 Å². The first-order valence-electron chi connectivity index (χ1n) is 7.24. The van der Waals surface area contributed by atoms with Crippen LogP contribution in [-0.2, 0) is 30.4 Å². The number of nitrogens with one attached hydrogen (secondary N) is 1. The van der Waals surface area contributed by atoms with Gasteiger partial charge in [-0.2, -0.15) is 13.2 Å². The molecule has 3 nitrogen and oxygen atoms in total. The molecule has 0 aliphatic rings. The fraction of sp³-hybridized carbons (Fsp3) is 0.375. The molecule has 0 radical (unpaired) electrons. The van der Waals surface area contributed by atoms with Crippen molar-refractivity contribution in [3.8, 4) is 0 Å². The molecule has 1 N–H and O–H groups in total. The highest BCUT2D eigenvalue weighted by atomic mass is 32.1. The summed E-state index contributed by atoms with van der Waals surface area (Å²) in [5.41, 5.74) is 0.632. The van der Waals surface area contributed by atoms with Crippen molar-refractivity contribution in [3.63, 3.8) is 0 Å². The third-order valence-corrected chi connectivity index (χ3v) is 4.13. The van der Waals surface area contributed by atoms with Gasteiger partial charge in [0.25, 0.3) is 0 Å². The van der Waals surface area contributed by atoms with Gasteiger partial charge in [0.1, 0.15) is 0 Å². The molecule has 7 heteroatoms. The third kappa shape index (κ3) is 5.35. The topological polar surface area (TPSA) is 42.0 Å². The van der Waals surface area contributed by atoms with Crippen LogP contribution in [0.4, 0.5) is 13.2 Å². The number of halogens is 3. The second-order valence-corrected chi connectivity index (χ2v) is 6.07. The van der Waals surface area contributed by atoms with E-state index >= 15 is 0 Å². The first kappa shape index (κ1) is 17.5. The summed E-state index contributed by atoms with van der Waals surface area (Å²) in [6.45, 7) is 2.41. The van der Waals surface area contributed by atoms with Gasteiger partial charge in [-0.05, 0) is 30.5 Å². The van der Waals surface area contributed by atoms with Crippen molar-refractivity contribution >= 4 is 17.2 Å². The van der Waals surface area contributed by atoms with Crippen LogP contribution in [-0.4, -0.2) is 10.9 Å².